The second-order valence-electron chi connectivity index (χ2n) is 6.78. The molecule has 3 rings (SSSR count). The predicted octanol–water partition coefficient (Wildman–Crippen LogP) is 6.06. The van der Waals surface area contributed by atoms with Gasteiger partial charge in [-0.2, -0.15) is 0 Å². The minimum atomic E-state index is -4.68. The molecule has 0 amide bonds. The molecule has 4 heteroatoms. The Bertz CT molecular complexity index is 854. The standard InChI is InChI=1S/C23H21F3O/c1-2-3-4-18-7-11-21-16-19(8-12-20(21)15-18)6-5-17-9-13-22(14-10-17)27-23(24,25)26/h2,8-10,12-14,16,18H,1,3-4,7,11,15H2. The van der Waals surface area contributed by atoms with E-state index in [0.717, 1.165) is 30.7 Å². The summed E-state index contributed by atoms with van der Waals surface area (Å²) < 4.78 is 40.4. The molecule has 1 unspecified atom stereocenters. The highest BCUT2D eigenvalue weighted by atomic mass is 19.4. The number of fused-ring (bicyclic) bond motifs is 1. The molecular weight excluding hydrogens is 349 g/mol. The lowest BCUT2D eigenvalue weighted by molar-refractivity contribution is -0.274. The summed E-state index contributed by atoms with van der Waals surface area (Å²) in [7, 11) is 0. The van der Waals surface area contributed by atoms with Gasteiger partial charge in [-0.1, -0.05) is 24.0 Å². The summed E-state index contributed by atoms with van der Waals surface area (Å²) in [6.07, 6.45) is 2.93. The van der Waals surface area contributed by atoms with Crippen molar-refractivity contribution in [3.63, 3.8) is 0 Å². The van der Waals surface area contributed by atoms with Gasteiger partial charge in [0.25, 0.3) is 0 Å². The third kappa shape index (κ3) is 5.65. The van der Waals surface area contributed by atoms with Gasteiger partial charge in [0.2, 0.25) is 0 Å². The molecular formula is C23H21F3O. The molecule has 1 atom stereocenters. The van der Waals surface area contributed by atoms with Crippen LogP contribution in [0.2, 0.25) is 0 Å². The monoisotopic (exact) mass is 370 g/mol. The Morgan fingerprint density at radius 3 is 2.44 bits per heavy atom. The van der Waals surface area contributed by atoms with E-state index in [-0.39, 0.29) is 5.75 Å². The van der Waals surface area contributed by atoms with E-state index in [1.165, 1.54) is 48.2 Å². The average Bonchev–Trinajstić information content (AvgIpc) is 2.64. The van der Waals surface area contributed by atoms with E-state index in [4.69, 9.17) is 0 Å². The molecule has 0 spiro atoms. The van der Waals surface area contributed by atoms with Crippen molar-refractivity contribution < 1.29 is 17.9 Å². The predicted molar refractivity (Wildman–Crippen MR) is 100 cm³/mol. The third-order valence-corrected chi connectivity index (χ3v) is 4.75. The van der Waals surface area contributed by atoms with E-state index in [1.807, 2.05) is 12.1 Å². The number of hydrogen-bond donors (Lipinski definition) is 0. The fraction of sp³-hybridized carbons (Fsp3) is 0.304. The summed E-state index contributed by atoms with van der Waals surface area (Å²) in [6, 6.07) is 11.9. The van der Waals surface area contributed by atoms with Gasteiger partial charge in [-0.05, 0) is 85.5 Å². The van der Waals surface area contributed by atoms with Gasteiger partial charge in [0, 0.05) is 11.1 Å². The molecule has 0 heterocycles. The van der Waals surface area contributed by atoms with Crippen LogP contribution in [0.4, 0.5) is 13.2 Å². The van der Waals surface area contributed by atoms with Crippen LogP contribution in [0.15, 0.2) is 55.1 Å². The van der Waals surface area contributed by atoms with Gasteiger partial charge >= 0.3 is 6.36 Å². The summed E-state index contributed by atoms with van der Waals surface area (Å²) in [5.74, 6) is 6.58. The second-order valence-corrected chi connectivity index (χ2v) is 6.78. The van der Waals surface area contributed by atoms with Crippen LogP contribution < -0.4 is 4.74 Å². The largest absolute Gasteiger partial charge is 0.573 e. The first-order valence-electron chi connectivity index (χ1n) is 9.03. The fourth-order valence-corrected chi connectivity index (χ4v) is 3.39. The summed E-state index contributed by atoms with van der Waals surface area (Å²) >= 11 is 0. The van der Waals surface area contributed by atoms with Gasteiger partial charge in [-0.3, -0.25) is 0 Å². The zero-order valence-corrected chi connectivity index (χ0v) is 15.0. The van der Waals surface area contributed by atoms with Crippen LogP contribution in [0.25, 0.3) is 0 Å². The minimum Gasteiger partial charge on any atom is -0.406 e. The van der Waals surface area contributed by atoms with Crippen LogP contribution in [-0.2, 0) is 12.8 Å². The second kappa shape index (κ2) is 8.35. The third-order valence-electron chi connectivity index (χ3n) is 4.75. The summed E-state index contributed by atoms with van der Waals surface area (Å²) in [6.45, 7) is 3.79. The van der Waals surface area contributed by atoms with Gasteiger partial charge in [-0.25, -0.2) is 0 Å². The molecule has 0 saturated carbocycles. The van der Waals surface area contributed by atoms with Crippen molar-refractivity contribution >= 4 is 0 Å². The number of hydrogen-bond acceptors (Lipinski definition) is 1. The smallest absolute Gasteiger partial charge is 0.406 e. The highest BCUT2D eigenvalue weighted by Gasteiger charge is 2.30. The van der Waals surface area contributed by atoms with E-state index < -0.39 is 6.36 Å². The lowest BCUT2D eigenvalue weighted by atomic mass is 9.81. The highest BCUT2D eigenvalue weighted by molar-refractivity contribution is 5.47. The Labute approximate surface area is 157 Å². The molecule has 1 aliphatic carbocycles. The topological polar surface area (TPSA) is 9.23 Å². The van der Waals surface area contributed by atoms with Crippen LogP contribution in [0.3, 0.4) is 0 Å². The Balaban J connectivity index is 1.67. The number of allylic oxidation sites excluding steroid dienone is 1. The Morgan fingerprint density at radius 2 is 1.74 bits per heavy atom. The van der Waals surface area contributed by atoms with Crippen molar-refractivity contribution in [1.29, 1.82) is 0 Å². The molecule has 0 radical (unpaired) electrons. The highest BCUT2D eigenvalue weighted by Crippen LogP contribution is 2.29. The van der Waals surface area contributed by atoms with Crippen molar-refractivity contribution in [2.75, 3.05) is 0 Å². The fourth-order valence-electron chi connectivity index (χ4n) is 3.39. The summed E-state index contributed by atoms with van der Waals surface area (Å²) in [5, 5.41) is 0. The molecule has 27 heavy (non-hydrogen) atoms. The lowest BCUT2D eigenvalue weighted by Gasteiger charge is -2.24. The molecule has 0 aliphatic heterocycles. The maximum absolute atomic E-state index is 12.2. The van der Waals surface area contributed by atoms with Gasteiger partial charge < -0.3 is 4.74 Å². The molecule has 140 valence electrons. The molecule has 0 bridgehead atoms. The van der Waals surface area contributed by atoms with E-state index in [1.54, 1.807) is 0 Å². The first-order chi connectivity index (χ1) is 12.9. The quantitative estimate of drug-likeness (QED) is 0.470. The Hall–Kier alpha value is -2.67. The Morgan fingerprint density at radius 1 is 1.04 bits per heavy atom. The van der Waals surface area contributed by atoms with Gasteiger partial charge in [-0.15, -0.1) is 19.8 Å². The SMILES string of the molecule is C=CCCC1CCc2cc(C#Cc3ccc(OC(F)(F)F)cc3)ccc2C1. The van der Waals surface area contributed by atoms with Crippen molar-refractivity contribution in [1.82, 2.24) is 0 Å². The van der Waals surface area contributed by atoms with E-state index in [0.29, 0.717) is 5.56 Å². The molecule has 0 aromatic heterocycles. The van der Waals surface area contributed by atoms with Crippen molar-refractivity contribution in [2.24, 2.45) is 5.92 Å². The molecule has 0 saturated heterocycles. The van der Waals surface area contributed by atoms with Gasteiger partial charge in [0.15, 0.2) is 0 Å². The summed E-state index contributed by atoms with van der Waals surface area (Å²) in [4.78, 5) is 0. The van der Waals surface area contributed by atoms with Crippen molar-refractivity contribution in [3.8, 4) is 17.6 Å². The molecule has 2 aromatic rings. The lowest BCUT2D eigenvalue weighted by Crippen LogP contribution is -2.16. The molecule has 0 fully saturated rings. The number of rotatable bonds is 4. The van der Waals surface area contributed by atoms with E-state index in [2.05, 4.69) is 35.3 Å². The zero-order valence-electron chi connectivity index (χ0n) is 15.0. The average molecular weight is 370 g/mol. The number of aryl methyl sites for hydroxylation is 1. The number of benzene rings is 2. The number of alkyl halides is 3. The van der Waals surface area contributed by atoms with Crippen LogP contribution in [0.1, 0.15) is 41.5 Å². The van der Waals surface area contributed by atoms with Crippen molar-refractivity contribution in [2.45, 2.75) is 38.5 Å². The Kier molecular flexibility index (Phi) is 5.91. The molecule has 1 nitrogen and oxygen atoms in total. The minimum absolute atomic E-state index is 0.243. The maximum atomic E-state index is 12.2. The normalized spacial score (nSPS) is 16.0. The van der Waals surface area contributed by atoms with E-state index >= 15 is 0 Å². The van der Waals surface area contributed by atoms with E-state index in [9.17, 15) is 13.2 Å². The van der Waals surface area contributed by atoms with Crippen LogP contribution >= 0.6 is 0 Å². The molecule has 1 aliphatic rings. The van der Waals surface area contributed by atoms with Crippen LogP contribution in [0.5, 0.6) is 5.75 Å². The first-order valence-corrected chi connectivity index (χ1v) is 9.03. The van der Waals surface area contributed by atoms with Gasteiger partial charge in [0.1, 0.15) is 5.75 Å². The summed E-state index contributed by atoms with van der Waals surface area (Å²) in [5.41, 5.74) is 4.32. The van der Waals surface area contributed by atoms with Crippen LogP contribution in [0, 0.1) is 17.8 Å². The first kappa shape index (κ1) is 19.1. The molecule has 0 N–H and O–H groups in total. The molecule has 2 aromatic carbocycles. The van der Waals surface area contributed by atoms with Gasteiger partial charge in [0.05, 0.1) is 0 Å². The number of halogens is 3. The zero-order chi connectivity index (χ0) is 19.3. The maximum Gasteiger partial charge on any atom is 0.573 e. The van der Waals surface area contributed by atoms with Crippen LogP contribution in [-0.4, -0.2) is 6.36 Å². The van der Waals surface area contributed by atoms with Crippen molar-refractivity contribution in [3.05, 3.63) is 77.4 Å². The number of ether oxygens (including phenoxy) is 1.